The van der Waals surface area contributed by atoms with Gasteiger partial charge in [-0.3, -0.25) is 5.01 Å². The Labute approximate surface area is 202 Å². The first-order valence-corrected chi connectivity index (χ1v) is 11.4. The van der Waals surface area contributed by atoms with E-state index in [0.29, 0.717) is 0 Å². The van der Waals surface area contributed by atoms with Crippen LogP contribution in [0.15, 0.2) is 78.4 Å². The molecule has 0 aliphatic rings. The molecule has 0 radical (unpaired) electrons. The average Bonchev–Trinajstić information content (AvgIpc) is 3.36. The maximum atomic E-state index is 4.74. The number of unbranched alkanes of at least 4 members (excludes halogenated alkanes) is 3. The van der Waals surface area contributed by atoms with Crippen LogP contribution in [0.25, 0.3) is 11.0 Å². The summed E-state index contributed by atoms with van der Waals surface area (Å²) in [5.41, 5.74) is 3.57. The van der Waals surface area contributed by atoms with Crippen LogP contribution < -0.4 is 14.1 Å². The molecule has 6 nitrogen and oxygen atoms in total. The van der Waals surface area contributed by atoms with Crippen molar-refractivity contribution in [1.82, 2.24) is 9.13 Å². The minimum atomic E-state index is 0. The summed E-state index contributed by atoms with van der Waals surface area (Å²) in [6.45, 7) is 2.09. The zero-order valence-corrected chi connectivity index (χ0v) is 20.7. The molecule has 0 aliphatic heterocycles. The van der Waals surface area contributed by atoms with Gasteiger partial charge in [0.05, 0.1) is 32.9 Å². The van der Waals surface area contributed by atoms with E-state index >= 15 is 0 Å². The second-order valence-electron chi connectivity index (χ2n) is 8.39. The van der Waals surface area contributed by atoms with Crippen molar-refractivity contribution in [2.45, 2.75) is 38.8 Å². The number of aromatic nitrogens is 4. The molecular weight excluding hydrogens is 432 g/mol. The van der Waals surface area contributed by atoms with E-state index in [1.165, 1.54) is 30.3 Å². The molecule has 0 bridgehead atoms. The molecule has 0 N–H and O–H groups in total. The van der Waals surface area contributed by atoms with Crippen molar-refractivity contribution in [3.63, 3.8) is 0 Å². The monoisotopic (exact) mass is 466 g/mol. The maximum Gasteiger partial charge on any atom is 0.302 e. The second-order valence-corrected chi connectivity index (χ2v) is 8.39. The highest BCUT2D eigenvalue weighted by Gasteiger charge is 2.20. The van der Waals surface area contributed by atoms with Crippen molar-refractivity contribution in [2.24, 2.45) is 19.2 Å². The first kappa shape index (κ1) is 24.5. The van der Waals surface area contributed by atoms with Gasteiger partial charge in [-0.05, 0) is 49.9 Å². The molecule has 0 spiro atoms. The fourth-order valence-corrected chi connectivity index (χ4v) is 4.20. The van der Waals surface area contributed by atoms with Gasteiger partial charge in [0.15, 0.2) is 11.0 Å². The van der Waals surface area contributed by atoms with Gasteiger partial charge >= 0.3 is 5.82 Å². The number of aryl methyl sites for hydroxylation is 4. The maximum absolute atomic E-state index is 4.74. The molecule has 0 saturated heterocycles. The number of fused-ring (bicyclic) bond motifs is 1. The number of rotatable bonds is 10. The number of hydrazone groups is 1. The Hall–Kier alpha value is -3.12. The number of imidazole rings is 2. The van der Waals surface area contributed by atoms with Crippen LogP contribution >= 0.6 is 12.4 Å². The minimum absolute atomic E-state index is 0. The second kappa shape index (κ2) is 11.7. The van der Waals surface area contributed by atoms with Crippen molar-refractivity contribution in [3.8, 4) is 0 Å². The molecule has 4 rings (SSSR count). The van der Waals surface area contributed by atoms with Crippen LogP contribution in [-0.4, -0.2) is 22.4 Å². The summed E-state index contributed by atoms with van der Waals surface area (Å²) in [6, 6.07) is 18.8. The smallest absolute Gasteiger partial charge is 0.268 e. The van der Waals surface area contributed by atoms with Crippen LogP contribution in [0.3, 0.4) is 0 Å². The fraction of sp³-hybridized carbons (Fsp3) is 0.346. The molecule has 2 aromatic carbocycles. The number of para-hydroxylation sites is 3. The average molecular weight is 467 g/mol. The van der Waals surface area contributed by atoms with Gasteiger partial charge in [-0.25, -0.2) is 18.3 Å². The summed E-state index contributed by atoms with van der Waals surface area (Å²) in [6.07, 6.45) is 13.2. The van der Waals surface area contributed by atoms with E-state index in [-0.39, 0.29) is 12.4 Å². The number of anilines is 1. The summed E-state index contributed by atoms with van der Waals surface area (Å²) < 4.78 is 9.00. The number of hydrogen-bond donors (Lipinski definition) is 0. The van der Waals surface area contributed by atoms with Crippen LogP contribution in [-0.2, 0) is 27.2 Å². The largest absolute Gasteiger partial charge is 0.302 e. The number of nitrogens with zero attached hydrogens (tertiary/aromatic N) is 6. The first-order valence-electron chi connectivity index (χ1n) is 11.4. The van der Waals surface area contributed by atoms with Crippen LogP contribution in [0.4, 0.5) is 5.69 Å². The third-order valence-electron chi connectivity index (χ3n) is 6.00. The van der Waals surface area contributed by atoms with Gasteiger partial charge in [0.25, 0.3) is 0 Å². The predicted octanol–water partition coefficient (Wildman–Crippen LogP) is 4.24. The van der Waals surface area contributed by atoms with Gasteiger partial charge < -0.3 is 0 Å². The standard InChI is InChI=1S/C26H34N6.ClH/c1-28-19-20-31(22-28)17-11-4-5-12-18-32-25-16-10-9-15-24(25)29(2)26(32)21-27-30(3)23-13-7-6-8-14-23;/h6-10,13-16,19-22H,4-5,11-12,17-18H2,1-3H3;1H/q+2;. The Morgan fingerprint density at radius 3 is 2.33 bits per heavy atom. The van der Waals surface area contributed by atoms with E-state index in [1.807, 2.05) is 36.5 Å². The van der Waals surface area contributed by atoms with Crippen LogP contribution in [0.2, 0.25) is 0 Å². The number of halogens is 1. The Morgan fingerprint density at radius 2 is 1.61 bits per heavy atom. The third kappa shape index (κ3) is 6.02. The Balaban J connectivity index is 0.00000306. The van der Waals surface area contributed by atoms with E-state index in [9.17, 15) is 0 Å². The van der Waals surface area contributed by atoms with E-state index in [2.05, 4.69) is 87.5 Å². The van der Waals surface area contributed by atoms with Crippen molar-refractivity contribution in [3.05, 3.63) is 79.1 Å². The number of hydrogen-bond acceptors (Lipinski definition) is 2. The molecule has 0 atom stereocenters. The molecule has 0 unspecified atom stereocenters. The molecule has 0 amide bonds. The van der Waals surface area contributed by atoms with Gasteiger partial charge in [-0.1, -0.05) is 30.3 Å². The molecule has 2 heterocycles. The lowest BCUT2D eigenvalue weighted by molar-refractivity contribution is -0.671. The zero-order chi connectivity index (χ0) is 22.3. The lowest BCUT2D eigenvalue weighted by Gasteiger charge is -2.11. The van der Waals surface area contributed by atoms with Gasteiger partial charge in [-0.15, -0.1) is 12.4 Å². The van der Waals surface area contributed by atoms with E-state index in [0.717, 1.165) is 31.0 Å². The fourth-order valence-electron chi connectivity index (χ4n) is 4.20. The topological polar surface area (TPSA) is 33.2 Å². The molecular formula is C26H35ClN6+2. The first-order chi connectivity index (χ1) is 15.6. The minimum Gasteiger partial charge on any atom is -0.268 e. The predicted molar refractivity (Wildman–Crippen MR) is 137 cm³/mol. The lowest BCUT2D eigenvalue weighted by Crippen LogP contribution is -2.33. The summed E-state index contributed by atoms with van der Waals surface area (Å²) in [7, 11) is 6.18. The Kier molecular flexibility index (Phi) is 8.66. The van der Waals surface area contributed by atoms with Crippen LogP contribution in [0.5, 0.6) is 0 Å². The molecule has 174 valence electrons. The third-order valence-corrected chi connectivity index (χ3v) is 6.00. The molecule has 7 heteroatoms. The highest BCUT2D eigenvalue weighted by molar-refractivity contribution is 5.85. The van der Waals surface area contributed by atoms with Gasteiger partial charge in [-0.2, -0.15) is 5.10 Å². The van der Waals surface area contributed by atoms with Crippen molar-refractivity contribution in [2.75, 3.05) is 12.1 Å². The van der Waals surface area contributed by atoms with Crippen LogP contribution in [0.1, 0.15) is 31.5 Å². The summed E-state index contributed by atoms with van der Waals surface area (Å²) in [5, 5.41) is 6.66. The number of benzene rings is 2. The van der Waals surface area contributed by atoms with E-state index in [1.54, 1.807) is 0 Å². The highest BCUT2D eigenvalue weighted by Crippen LogP contribution is 2.16. The van der Waals surface area contributed by atoms with Gasteiger partial charge in [0.2, 0.25) is 6.33 Å². The van der Waals surface area contributed by atoms with Crippen LogP contribution in [0, 0.1) is 0 Å². The highest BCUT2D eigenvalue weighted by atomic mass is 35.5. The summed E-state index contributed by atoms with van der Waals surface area (Å²) in [5.74, 6) is 1.12. The Morgan fingerprint density at radius 1 is 0.909 bits per heavy atom. The molecule has 33 heavy (non-hydrogen) atoms. The van der Waals surface area contributed by atoms with E-state index in [4.69, 9.17) is 5.10 Å². The summed E-state index contributed by atoms with van der Waals surface area (Å²) in [4.78, 5) is 0. The SMILES string of the molecule is CN(N=Cc1n(CCCCCCn2cc[n+](C)c2)c2ccccc2[n+]1C)c1ccccc1.Cl. The van der Waals surface area contributed by atoms with Gasteiger partial charge in [0, 0.05) is 7.05 Å². The van der Waals surface area contributed by atoms with Gasteiger partial charge in [0.1, 0.15) is 18.6 Å². The van der Waals surface area contributed by atoms with Crippen molar-refractivity contribution >= 4 is 35.3 Å². The molecule has 4 aromatic rings. The normalized spacial score (nSPS) is 11.2. The molecule has 0 fully saturated rings. The summed E-state index contributed by atoms with van der Waals surface area (Å²) >= 11 is 0. The van der Waals surface area contributed by atoms with E-state index < -0.39 is 0 Å². The Bertz CT molecular complexity index is 1180. The lowest BCUT2D eigenvalue weighted by atomic mass is 10.2. The van der Waals surface area contributed by atoms with Crippen molar-refractivity contribution in [1.29, 1.82) is 0 Å². The molecule has 0 aliphatic carbocycles. The zero-order valence-electron chi connectivity index (χ0n) is 19.8. The molecule has 0 saturated carbocycles. The van der Waals surface area contributed by atoms with Crippen molar-refractivity contribution < 1.29 is 9.13 Å². The quantitative estimate of drug-likeness (QED) is 0.149. The molecule has 2 aromatic heterocycles.